The lowest BCUT2D eigenvalue weighted by Gasteiger charge is -2.06. The number of rotatable bonds is 6. The van der Waals surface area contributed by atoms with Crippen LogP contribution in [0, 0.1) is 5.92 Å². The zero-order valence-electron chi connectivity index (χ0n) is 8.74. The van der Waals surface area contributed by atoms with Crippen LogP contribution in [0.5, 0.6) is 0 Å². The molecular weight excluding hydrogens is 244 g/mol. The van der Waals surface area contributed by atoms with Gasteiger partial charge in [0.05, 0.1) is 23.8 Å². The van der Waals surface area contributed by atoms with E-state index in [1.807, 2.05) is 10.9 Å². The molecule has 0 aliphatic heterocycles. The van der Waals surface area contributed by atoms with Gasteiger partial charge in [-0.3, -0.25) is 4.68 Å². The van der Waals surface area contributed by atoms with Gasteiger partial charge >= 0.3 is 0 Å². The number of nitrogens with zero attached hydrogens (tertiary/aromatic N) is 2. The first kappa shape index (κ1) is 11.7. The topological polar surface area (TPSA) is 27.1 Å². The fraction of sp³-hybridized carbons (Fsp3) is 0.700. The van der Waals surface area contributed by atoms with Gasteiger partial charge in [-0.1, -0.05) is 13.8 Å². The molecule has 80 valence electrons. The molecule has 0 aromatic carbocycles. The number of hydrogen-bond acceptors (Lipinski definition) is 2. The van der Waals surface area contributed by atoms with Crippen LogP contribution in [-0.4, -0.2) is 23.0 Å². The Bertz CT molecular complexity index is 260. The van der Waals surface area contributed by atoms with Crippen LogP contribution in [0.25, 0.3) is 0 Å². The Hall–Kier alpha value is -0.350. The first-order valence-corrected chi connectivity index (χ1v) is 5.73. The van der Waals surface area contributed by atoms with Crippen molar-refractivity contribution in [2.45, 2.75) is 26.8 Å². The van der Waals surface area contributed by atoms with E-state index in [4.69, 9.17) is 4.74 Å². The molecule has 0 atom stereocenters. The fourth-order valence-electron chi connectivity index (χ4n) is 1.04. The Morgan fingerprint density at radius 3 is 2.86 bits per heavy atom. The average molecular weight is 261 g/mol. The summed E-state index contributed by atoms with van der Waals surface area (Å²) in [7, 11) is 0. The van der Waals surface area contributed by atoms with Crippen LogP contribution in [0.15, 0.2) is 16.9 Å². The van der Waals surface area contributed by atoms with E-state index >= 15 is 0 Å². The molecule has 1 aromatic rings. The Morgan fingerprint density at radius 2 is 2.29 bits per heavy atom. The van der Waals surface area contributed by atoms with Crippen LogP contribution in [-0.2, 0) is 11.3 Å². The summed E-state index contributed by atoms with van der Waals surface area (Å²) in [5.74, 6) is 0.717. The van der Waals surface area contributed by atoms with Crippen molar-refractivity contribution in [2.75, 3.05) is 13.2 Å². The third-order valence-electron chi connectivity index (χ3n) is 1.91. The van der Waals surface area contributed by atoms with Gasteiger partial charge in [-0.15, -0.1) is 0 Å². The number of hydrogen-bond donors (Lipinski definition) is 0. The summed E-state index contributed by atoms with van der Waals surface area (Å²) >= 11 is 3.35. The van der Waals surface area contributed by atoms with E-state index in [-0.39, 0.29) is 0 Å². The molecule has 0 amide bonds. The summed E-state index contributed by atoms with van der Waals surface area (Å²) in [6.07, 6.45) is 4.86. The van der Waals surface area contributed by atoms with Gasteiger partial charge in [-0.2, -0.15) is 5.10 Å². The molecule has 0 radical (unpaired) electrons. The molecule has 14 heavy (non-hydrogen) atoms. The third kappa shape index (κ3) is 4.77. The molecule has 0 saturated carbocycles. The van der Waals surface area contributed by atoms with Crippen LogP contribution >= 0.6 is 15.9 Å². The van der Waals surface area contributed by atoms with Gasteiger partial charge in [0.15, 0.2) is 0 Å². The van der Waals surface area contributed by atoms with Gasteiger partial charge in [-0.25, -0.2) is 0 Å². The molecule has 0 aliphatic carbocycles. The second kappa shape index (κ2) is 6.19. The Balaban J connectivity index is 2.04. The smallest absolute Gasteiger partial charge is 0.0662 e. The first-order chi connectivity index (χ1) is 6.68. The molecule has 4 heteroatoms. The molecule has 0 fully saturated rings. The van der Waals surface area contributed by atoms with Crippen molar-refractivity contribution in [1.82, 2.24) is 9.78 Å². The summed E-state index contributed by atoms with van der Waals surface area (Å²) in [4.78, 5) is 0. The molecule has 1 aromatic heterocycles. The molecular formula is C10H17BrN2O. The van der Waals surface area contributed by atoms with E-state index in [0.717, 1.165) is 30.7 Å². The van der Waals surface area contributed by atoms with Crippen molar-refractivity contribution >= 4 is 15.9 Å². The number of halogens is 1. The normalized spacial score (nSPS) is 11.1. The van der Waals surface area contributed by atoms with Crippen molar-refractivity contribution in [3.8, 4) is 0 Å². The summed E-state index contributed by atoms with van der Waals surface area (Å²) in [6, 6.07) is 0. The second-order valence-corrected chi connectivity index (χ2v) is 4.63. The maximum absolute atomic E-state index is 5.48. The first-order valence-electron chi connectivity index (χ1n) is 4.94. The molecule has 3 nitrogen and oxygen atoms in total. The van der Waals surface area contributed by atoms with E-state index < -0.39 is 0 Å². The molecule has 0 bridgehead atoms. The van der Waals surface area contributed by atoms with E-state index in [9.17, 15) is 0 Å². The van der Waals surface area contributed by atoms with Crippen LogP contribution in [0.2, 0.25) is 0 Å². The van der Waals surface area contributed by atoms with Gasteiger partial charge in [0.25, 0.3) is 0 Å². The van der Waals surface area contributed by atoms with E-state index in [2.05, 4.69) is 34.9 Å². The molecule has 0 N–H and O–H groups in total. The van der Waals surface area contributed by atoms with Crippen molar-refractivity contribution in [2.24, 2.45) is 5.92 Å². The minimum atomic E-state index is 0.717. The molecule has 0 saturated heterocycles. The zero-order chi connectivity index (χ0) is 10.4. The quantitative estimate of drug-likeness (QED) is 0.736. The summed E-state index contributed by atoms with van der Waals surface area (Å²) in [6.45, 7) is 6.81. The van der Waals surface area contributed by atoms with Crippen molar-refractivity contribution in [3.05, 3.63) is 16.9 Å². The minimum Gasteiger partial charge on any atom is -0.380 e. The van der Waals surface area contributed by atoms with E-state index in [1.165, 1.54) is 0 Å². The third-order valence-corrected chi connectivity index (χ3v) is 2.32. The summed E-state index contributed by atoms with van der Waals surface area (Å²) in [5.41, 5.74) is 0. The molecule has 0 unspecified atom stereocenters. The van der Waals surface area contributed by atoms with Gasteiger partial charge < -0.3 is 4.74 Å². The highest BCUT2D eigenvalue weighted by Gasteiger charge is 1.96. The predicted molar refractivity (Wildman–Crippen MR) is 60.2 cm³/mol. The maximum atomic E-state index is 5.48. The summed E-state index contributed by atoms with van der Waals surface area (Å²) in [5, 5.41) is 4.14. The molecule has 1 heterocycles. The zero-order valence-corrected chi connectivity index (χ0v) is 10.3. The second-order valence-electron chi connectivity index (χ2n) is 3.72. The Labute approximate surface area is 93.6 Å². The van der Waals surface area contributed by atoms with Crippen molar-refractivity contribution < 1.29 is 4.74 Å². The van der Waals surface area contributed by atoms with Crippen LogP contribution < -0.4 is 0 Å². The van der Waals surface area contributed by atoms with E-state index in [0.29, 0.717) is 5.92 Å². The highest BCUT2D eigenvalue weighted by molar-refractivity contribution is 9.10. The SMILES string of the molecule is CC(C)CCOCCn1cc(Br)cn1. The van der Waals surface area contributed by atoms with E-state index in [1.54, 1.807) is 6.20 Å². The minimum absolute atomic E-state index is 0.717. The highest BCUT2D eigenvalue weighted by atomic mass is 79.9. The van der Waals surface area contributed by atoms with Gasteiger partial charge in [-0.05, 0) is 28.3 Å². The summed E-state index contributed by atoms with van der Waals surface area (Å²) < 4.78 is 8.37. The standard InChI is InChI=1S/C10H17BrN2O/c1-9(2)3-5-14-6-4-13-8-10(11)7-12-13/h7-9H,3-6H2,1-2H3. The molecule has 0 aliphatic rings. The fourth-order valence-corrected chi connectivity index (χ4v) is 1.37. The monoisotopic (exact) mass is 260 g/mol. The van der Waals surface area contributed by atoms with Crippen LogP contribution in [0.1, 0.15) is 20.3 Å². The van der Waals surface area contributed by atoms with Gasteiger partial charge in [0.2, 0.25) is 0 Å². The lowest BCUT2D eigenvalue weighted by molar-refractivity contribution is 0.114. The predicted octanol–water partition coefficient (Wildman–Crippen LogP) is 2.71. The van der Waals surface area contributed by atoms with Crippen molar-refractivity contribution in [1.29, 1.82) is 0 Å². The van der Waals surface area contributed by atoms with Gasteiger partial charge in [0, 0.05) is 12.8 Å². The number of ether oxygens (including phenoxy) is 1. The highest BCUT2D eigenvalue weighted by Crippen LogP contribution is 2.05. The molecule has 0 spiro atoms. The van der Waals surface area contributed by atoms with Crippen LogP contribution in [0.3, 0.4) is 0 Å². The average Bonchev–Trinajstić information content (AvgIpc) is 2.50. The lowest BCUT2D eigenvalue weighted by Crippen LogP contribution is -2.08. The number of aromatic nitrogens is 2. The maximum Gasteiger partial charge on any atom is 0.0662 e. The lowest BCUT2D eigenvalue weighted by atomic mass is 10.1. The van der Waals surface area contributed by atoms with Crippen molar-refractivity contribution in [3.63, 3.8) is 0 Å². The Kier molecular flexibility index (Phi) is 5.19. The largest absolute Gasteiger partial charge is 0.380 e. The Morgan fingerprint density at radius 1 is 1.50 bits per heavy atom. The molecule has 1 rings (SSSR count). The van der Waals surface area contributed by atoms with Crippen LogP contribution in [0.4, 0.5) is 0 Å². The van der Waals surface area contributed by atoms with Gasteiger partial charge in [0.1, 0.15) is 0 Å².